The van der Waals surface area contributed by atoms with E-state index in [1.54, 1.807) is 0 Å². The zero-order chi connectivity index (χ0) is 12.8. The van der Waals surface area contributed by atoms with Gasteiger partial charge in [-0.15, -0.1) is 0 Å². The molecule has 0 saturated heterocycles. The van der Waals surface area contributed by atoms with Crippen LogP contribution in [0.3, 0.4) is 0 Å². The SMILES string of the molecule is CCSC1CCC(NC(C)Cc2ccccc2)C1. The van der Waals surface area contributed by atoms with Gasteiger partial charge in [-0.3, -0.25) is 0 Å². The monoisotopic (exact) mass is 263 g/mol. The van der Waals surface area contributed by atoms with E-state index in [-0.39, 0.29) is 0 Å². The van der Waals surface area contributed by atoms with E-state index in [1.807, 2.05) is 0 Å². The van der Waals surface area contributed by atoms with E-state index < -0.39 is 0 Å². The molecule has 3 atom stereocenters. The molecule has 1 aromatic carbocycles. The summed E-state index contributed by atoms with van der Waals surface area (Å²) in [4.78, 5) is 0. The summed E-state index contributed by atoms with van der Waals surface area (Å²) < 4.78 is 0. The molecule has 1 aliphatic carbocycles. The third-order valence-electron chi connectivity index (χ3n) is 3.69. The normalized spacial score (nSPS) is 25.2. The van der Waals surface area contributed by atoms with E-state index in [2.05, 4.69) is 61.3 Å². The van der Waals surface area contributed by atoms with Crippen LogP contribution in [-0.2, 0) is 6.42 Å². The number of hydrogen-bond donors (Lipinski definition) is 1. The molecule has 0 heterocycles. The lowest BCUT2D eigenvalue weighted by Crippen LogP contribution is -2.36. The van der Waals surface area contributed by atoms with Gasteiger partial charge in [0, 0.05) is 17.3 Å². The quantitative estimate of drug-likeness (QED) is 0.836. The van der Waals surface area contributed by atoms with Crippen LogP contribution >= 0.6 is 11.8 Å². The molecule has 0 bridgehead atoms. The maximum Gasteiger partial charge on any atom is 0.00817 e. The van der Waals surface area contributed by atoms with Gasteiger partial charge in [-0.1, -0.05) is 37.3 Å². The molecule has 0 aliphatic heterocycles. The minimum absolute atomic E-state index is 0.586. The number of benzene rings is 1. The Kier molecular flexibility index (Phi) is 5.58. The number of thioether (sulfide) groups is 1. The molecule has 2 rings (SSSR count). The van der Waals surface area contributed by atoms with Crippen LogP contribution in [0.15, 0.2) is 30.3 Å². The number of rotatable bonds is 6. The summed E-state index contributed by atoms with van der Waals surface area (Å²) in [6, 6.07) is 12.1. The maximum atomic E-state index is 3.80. The van der Waals surface area contributed by atoms with Crippen molar-refractivity contribution in [2.24, 2.45) is 0 Å². The van der Waals surface area contributed by atoms with Crippen molar-refractivity contribution in [3.8, 4) is 0 Å². The van der Waals surface area contributed by atoms with Crippen LogP contribution in [0.2, 0.25) is 0 Å². The minimum Gasteiger partial charge on any atom is -0.311 e. The molecule has 1 saturated carbocycles. The van der Waals surface area contributed by atoms with Gasteiger partial charge in [0.2, 0.25) is 0 Å². The summed E-state index contributed by atoms with van der Waals surface area (Å²) in [7, 11) is 0. The van der Waals surface area contributed by atoms with Crippen molar-refractivity contribution in [1.29, 1.82) is 0 Å². The van der Waals surface area contributed by atoms with Crippen LogP contribution in [0.25, 0.3) is 0 Å². The van der Waals surface area contributed by atoms with Gasteiger partial charge in [0.15, 0.2) is 0 Å². The van der Waals surface area contributed by atoms with Gasteiger partial charge in [0.25, 0.3) is 0 Å². The molecule has 1 nitrogen and oxygen atoms in total. The molecule has 0 amide bonds. The largest absolute Gasteiger partial charge is 0.311 e. The first-order valence-electron chi connectivity index (χ1n) is 7.19. The fraction of sp³-hybridized carbons (Fsp3) is 0.625. The van der Waals surface area contributed by atoms with E-state index in [0.717, 1.165) is 17.7 Å². The van der Waals surface area contributed by atoms with Crippen molar-refractivity contribution in [2.75, 3.05) is 5.75 Å². The van der Waals surface area contributed by atoms with E-state index in [4.69, 9.17) is 0 Å². The zero-order valence-corrected chi connectivity index (χ0v) is 12.4. The minimum atomic E-state index is 0.586. The first-order valence-corrected chi connectivity index (χ1v) is 8.24. The molecule has 1 aromatic rings. The number of hydrogen-bond acceptors (Lipinski definition) is 2. The molecule has 0 radical (unpaired) electrons. The predicted octanol–water partition coefficient (Wildman–Crippen LogP) is 3.88. The molecule has 0 spiro atoms. The lowest BCUT2D eigenvalue weighted by molar-refractivity contribution is 0.449. The second kappa shape index (κ2) is 7.20. The van der Waals surface area contributed by atoms with Crippen LogP contribution in [0.5, 0.6) is 0 Å². The Labute approximate surface area is 116 Å². The highest BCUT2D eigenvalue weighted by molar-refractivity contribution is 7.99. The Hall–Kier alpha value is -0.470. The van der Waals surface area contributed by atoms with Crippen LogP contribution in [-0.4, -0.2) is 23.1 Å². The van der Waals surface area contributed by atoms with Gasteiger partial charge < -0.3 is 5.32 Å². The summed E-state index contributed by atoms with van der Waals surface area (Å²) >= 11 is 2.13. The molecule has 1 fully saturated rings. The molecular formula is C16H25NS. The smallest absolute Gasteiger partial charge is 0.00817 e. The predicted molar refractivity (Wildman–Crippen MR) is 82.3 cm³/mol. The maximum absolute atomic E-state index is 3.80. The highest BCUT2D eigenvalue weighted by Crippen LogP contribution is 2.29. The Morgan fingerprint density at radius 3 is 2.78 bits per heavy atom. The van der Waals surface area contributed by atoms with Gasteiger partial charge in [0.1, 0.15) is 0 Å². The summed E-state index contributed by atoms with van der Waals surface area (Å²) in [5.74, 6) is 1.26. The zero-order valence-electron chi connectivity index (χ0n) is 11.6. The van der Waals surface area contributed by atoms with Gasteiger partial charge in [-0.25, -0.2) is 0 Å². The number of nitrogens with one attached hydrogen (secondary N) is 1. The standard InChI is InChI=1S/C16H25NS/c1-3-18-16-10-9-15(12-16)17-13(2)11-14-7-5-4-6-8-14/h4-8,13,15-17H,3,9-12H2,1-2H3. The highest BCUT2D eigenvalue weighted by Gasteiger charge is 2.25. The second-order valence-corrected chi connectivity index (χ2v) is 6.92. The molecule has 1 N–H and O–H groups in total. The first kappa shape index (κ1) is 14.0. The Morgan fingerprint density at radius 1 is 1.28 bits per heavy atom. The fourth-order valence-electron chi connectivity index (χ4n) is 2.91. The second-order valence-electron chi connectivity index (χ2n) is 5.34. The average molecular weight is 263 g/mol. The lowest BCUT2D eigenvalue weighted by atomic mass is 10.1. The van der Waals surface area contributed by atoms with Crippen molar-refractivity contribution in [3.05, 3.63) is 35.9 Å². The molecule has 2 heteroatoms. The van der Waals surface area contributed by atoms with Crippen molar-refractivity contribution in [3.63, 3.8) is 0 Å². The van der Waals surface area contributed by atoms with Crippen LogP contribution in [0.1, 0.15) is 38.7 Å². The van der Waals surface area contributed by atoms with E-state index in [9.17, 15) is 0 Å². The fourth-order valence-corrected chi connectivity index (χ4v) is 4.05. The van der Waals surface area contributed by atoms with Crippen LogP contribution < -0.4 is 5.32 Å². The van der Waals surface area contributed by atoms with Crippen molar-refractivity contribution in [1.82, 2.24) is 5.32 Å². The summed E-state index contributed by atoms with van der Waals surface area (Å²) in [5.41, 5.74) is 1.44. The third kappa shape index (κ3) is 4.33. The average Bonchev–Trinajstić information content (AvgIpc) is 2.78. The van der Waals surface area contributed by atoms with Gasteiger partial charge in [0.05, 0.1) is 0 Å². The molecule has 0 aromatic heterocycles. The third-order valence-corrected chi connectivity index (χ3v) is 4.92. The first-order chi connectivity index (χ1) is 8.78. The molecule has 100 valence electrons. The highest BCUT2D eigenvalue weighted by atomic mass is 32.2. The summed E-state index contributed by atoms with van der Waals surface area (Å²) in [6.45, 7) is 4.58. The lowest BCUT2D eigenvalue weighted by Gasteiger charge is -2.19. The van der Waals surface area contributed by atoms with Gasteiger partial charge >= 0.3 is 0 Å². The molecule has 1 aliphatic rings. The van der Waals surface area contributed by atoms with E-state index in [0.29, 0.717) is 6.04 Å². The van der Waals surface area contributed by atoms with E-state index in [1.165, 1.54) is 30.6 Å². The Morgan fingerprint density at radius 2 is 2.06 bits per heavy atom. The molecule has 3 unspecified atom stereocenters. The van der Waals surface area contributed by atoms with Crippen molar-refractivity contribution in [2.45, 2.75) is 56.9 Å². The summed E-state index contributed by atoms with van der Waals surface area (Å²) in [5, 5.41) is 4.70. The Bertz CT molecular complexity index is 338. The van der Waals surface area contributed by atoms with Gasteiger partial charge in [-0.05, 0) is 43.9 Å². The van der Waals surface area contributed by atoms with Crippen LogP contribution in [0.4, 0.5) is 0 Å². The molecular weight excluding hydrogens is 238 g/mol. The topological polar surface area (TPSA) is 12.0 Å². The molecule has 18 heavy (non-hydrogen) atoms. The Balaban J connectivity index is 1.73. The van der Waals surface area contributed by atoms with Crippen LogP contribution in [0, 0.1) is 0 Å². The summed E-state index contributed by atoms with van der Waals surface area (Å²) in [6.07, 6.45) is 5.26. The van der Waals surface area contributed by atoms with Crippen molar-refractivity contribution >= 4 is 11.8 Å². The van der Waals surface area contributed by atoms with Crippen molar-refractivity contribution < 1.29 is 0 Å². The van der Waals surface area contributed by atoms with E-state index >= 15 is 0 Å². The van der Waals surface area contributed by atoms with Gasteiger partial charge in [-0.2, -0.15) is 11.8 Å².